The average Bonchev–Trinajstić information content (AvgIpc) is 2.84. The lowest BCUT2D eigenvalue weighted by Gasteiger charge is -2.09. The van der Waals surface area contributed by atoms with Crippen molar-refractivity contribution < 1.29 is 8.42 Å². The molecule has 1 aromatic carbocycles. The van der Waals surface area contributed by atoms with Crippen molar-refractivity contribution >= 4 is 26.0 Å². The number of aromatic nitrogens is 3. The highest BCUT2D eigenvalue weighted by Gasteiger charge is 2.17. The number of aryl methyl sites for hydroxylation is 1. The molecule has 21 heavy (non-hydrogen) atoms. The van der Waals surface area contributed by atoms with E-state index in [0.717, 1.165) is 5.56 Å². The minimum atomic E-state index is -3.60. The zero-order chi connectivity index (χ0) is 15.5. The second-order valence-electron chi connectivity index (χ2n) is 4.45. The molecular formula is C12H16BrN5O2S. The third-order valence-corrected chi connectivity index (χ3v) is 5.26. The SMILES string of the molecule is Cn1cnc(CCNS(=O)(=O)c2cc(CN)ccc2Br)n1. The molecule has 0 unspecified atom stereocenters. The van der Waals surface area contributed by atoms with Crippen LogP contribution in [0.15, 0.2) is 33.9 Å². The number of hydrogen-bond donors (Lipinski definition) is 2. The molecule has 7 nitrogen and oxygen atoms in total. The maximum Gasteiger partial charge on any atom is 0.241 e. The van der Waals surface area contributed by atoms with Gasteiger partial charge in [-0.15, -0.1) is 0 Å². The Kier molecular flexibility index (Phi) is 5.09. The Bertz CT molecular complexity index is 729. The molecule has 2 aromatic rings. The Hall–Kier alpha value is -1.29. The molecule has 0 aliphatic carbocycles. The Labute approximate surface area is 131 Å². The van der Waals surface area contributed by atoms with Crippen LogP contribution < -0.4 is 10.5 Å². The normalized spacial score (nSPS) is 11.8. The van der Waals surface area contributed by atoms with E-state index in [2.05, 4.69) is 30.7 Å². The lowest BCUT2D eigenvalue weighted by atomic mass is 10.2. The summed E-state index contributed by atoms with van der Waals surface area (Å²) in [7, 11) is -1.84. The van der Waals surface area contributed by atoms with E-state index in [1.165, 1.54) is 0 Å². The number of benzene rings is 1. The number of sulfonamides is 1. The van der Waals surface area contributed by atoms with E-state index < -0.39 is 10.0 Å². The molecule has 0 spiro atoms. The van der Waals surface area contributed by atoms with Crippen LogP contribution >= 0.6 is 15.9 Å². The highest BCUT2D eigenvalue weighted by molar-refractivity contribution is 9.10. The van der Waals surface area contributed by atoms with Gasteiger partial charge in [0, 0.05) is 31.0 Å². The Morgan fingerprint density at radius 2 is 2.19 bits per heavy atom. The first-order valence-corrected chi connectivity index (χ1v) is 8.52. The number of nitrogens with one attached hydrogen (secondary N) is 1. The second kappa shape index (κ2) is 6.65. The van der Waals surface area contributed by atoms with Gasteiger partial charge in [0.15, 0.2) is 5.82 Å². The van der Waals surface area contributed by atoms with E-state index in [-0.39, 0.29) is 18.0 Å². The van der Waals surface area contributed by atoms with Crippen LogP contribution in [0, 0.1) is 0 Å². The van der Waals surface area contributed by atoms with Crippen LogP contribution in [0.3, 0.4) is 0 Å². The van der Waals surface area contributed by atoms with E-state index in [4.69, 9.17) is 5.73 Å². The zero-order valence-corrected chi connectivity index (χ0v) is 13.9. The van der Waals surface area contributed by atoms with Crippen molar-refractivity contribution in [3.8, 4) is 0 Å². The maximum absolute atomic E-state index is 12.3. The fourth-order valence-corrected chi connectivity index (χ4v) is 3.80. The molecule has 0 bridgehead atoms. The lowest BCUT2D eigenvalue weighted by Crippen LogP contribution is -2.26. The monoisotopic (exact) mass is 373 g/mol. The van der Waals surface area contributed by atoms with E-state index in [1.807, 2.05) is 0 Å². The summed E-state index contributed by atoms with van der Waals surface area (Å²) >= 11 is 3.25. The summed E-state index contributed by atoms with van der Waals surface area (Å²) in [4.78, 5) is 4.22. The molecule has 0 aliphatic heterocycles. The molecule has 0 amide bonds. The van der Waals surface area contributed by atoms with Crippen LogP contribution in [0.2, 0.25) is 0 Å². The van der Waals surface area contributed by atoms with Crippen LogP contribution in [-0.2, 0) is 30.0 Å². The molecule has 1 heterocycles. The van der Waals surface area contributed by atoms with Gasteiger partial charge in [-0.25, -0.2) is 18.1 Å². The van der Waals surface area contributed by atoms with E-state index in [0.29, 0.717) is 16.7 Å². The van der Waals surface area contributed by atoms with Gasteiger partial charge in [-0.3, -0.25) is 4.68 Å². The fourth-order valence-electron chi connectivity index (χ4n) is 1.75. The van der Waals surface area contributed by atoms with Crippen molar-refractivity contribution in [2.75, 3.05) is 6.54 Å². The second-order valence-corrected chi connectivity index (χ2v) is 7.04. The lowest BCUT2D eigenvalue weighted by molar-refractivity contribution is 0.580. The van der Waals surface area contributed by atoms with E-state index >= 15 is 0 Å². The third-order valence-electron chi connectivity index (χ3n) is 2.81. The van der Waals surface area contributed by atoms with Crippen LogP contribution in [0.25, 0.3) is 0 Å². The summed E-state index contributed by atoms with van der Waals surface area (Å²) in [6.07, 6.45) is 2.00. The van der Waals surface area contributed by atoms with E-state index in [1.54, 1.807) is 36.3 Å². The Balaban J connectivity index is 2.07. The molecule has 2 rings (SSSR count). The number of rotatable bonds is 6. The molecule has 3 N–H and O–H groups in total. The van der Waals surface area contributed by atoms with E-state index in [9.17, 15) is 8.42 Å². The number of nitrogens with two attached hydrogens (primary N) is 1. The molecule has 114 valence electrons. The predicted octanol–water partition coefficient (Wildman–Crippen LogP) is 0.557. The van der Waals surface area contributed by atoms with Gasteiger partial charge in [0.05, 0.1) is 4.90 Å². The zero-order valence-electron chi connectivity index (χ0n) is 11.5. The molecule has 0 fully saturated rings. The van der Waals surface area contributed by atoms with Crippen molar-refractivity contribution in [1.29, 1.82) is 0 Å². The summed E-state index contributed by atoms with van der Waals surface area (Å²) in [5, 5.41) is 4.09. The molecule has 9 heteroatoms. The van der Waals surface area contributed by atoms with Crippen molar-refractivity contribution in [3.63, 3.8) is 0 Å². The van der Waals surface area contributed by atoms with Crippen molar-refractivity contribution in [2.45, 2.75) is 17.9 Å². The third kappa shape index (κ3) is 4.10. The first-order valence-electron chi connectivity index (χ1n) is 6.25. The topological polar surface area (TPSA) is 103 Å². The summed E-state index contributed by atoms with van der Waals surface area (Å²) in [6, 6.07) is 5.02. The molecular weight excluding hydrogens is 358 g/mol. The fraction of sp³-hybridized carbons (Fsp3) is 0.333. The maximum atomic E-state index is 12.3. The van der Waals surface area contributed by atoms with Crippen LogP contribution in [0.1, 0.15) is 11.4 Å². The first-order chi connectivity index (χ1) is 9.92. The van der Waals surface area contributed by atoms with Crippen molar-refractivity contribution in [3.05, 3.63) is 40.4 Å². The average molecular weight is 374 g/mol. The van der Waals surface area contributed by atoms with Crippen molar-refractivity contribution in [2.24, 2.45) is 12.8 Å². The van der Waals surface area contributed by atoms with Gasteiger partial charge in [-0.1, -0.05) is 6.07 Å². The van der Waals surface area contributed by atoms with Gasteiger partial charge in [-0.05, 0) is 33.6 Å². The molecule has 0 saturated heterocycles. The highest BCUT2D eigenvalue weighted by Crippen LogP contribution is 2.22. The summed E-state index contributed by atoms with van der Waals surface area (Å²) in [5.41, 5.74) is 6.30. The number of nitrogens with zero attached hydrogens (tertiary/aromatic N) is 3. The van der Waals surface area contributed by atoms with Gasteiger partial charge in [-0.2, -0.15) is 5.10 Å². The molecule has 1 aromatic heterocycles. The quantitative estimate of drug-likeness (QED) is 0.769. The first kappa shape index (κ1) is 16.1. The number of hydrogen-bond acceptors (Lipinski definition) is 5. The Morgan fingerprint density at radius 3 is 2.81 bits per heavy atom. The van der Waals surface area contributed by atoms with Gasteiger partial charge in [0.1, 0.15) is 6.33 Å². The largest absolute Gasteiger partial charge is 0.326 e. The van der Waals surface area contributed by atoms with Gasteiger partial charge in [0.2, 0.25) is 10.0 Å². The molecule has 0 radical (unpaired) electrons. The van der Waals surface area contributed by atoms with Crippen LogP contribution in [0.5, 0.6) is 0 Å². The molecule has 0 aliphatic rings. The Morgan fingerprint density at radius 1 is 1.43 bits per heavy atom. The van der Waals surface area contributed by atoms with Crippen LogP contribution in [0.4, 0.5) is 0 Å². The van der Waals surface area contributed by atoms with Gasteiger partial charge >= 0.3 is 0 Å². The number of halogens is 1. The van der Waals surface area contributed by atoms with Crippen molar-refractivity contribution in [1.82, 2.24) is 19.5 Å². The smallest absolute Gasteiger partial charge is 0.241 e. The summed E-state index contributed by atoms with van der Waals surface area (Å²) in [5.74, 6) is 0.593. The van der Waals surface area contributed by atoms with Crippen LogP contribution in [-0.4, -0.2) is 29.7 Å². The molecule has 0 saturated carbocycles. The standard InChI is InChI=1S/C12H16BrN5O2S/c1-18-8-15-12(17-18)4-5-16-21(19,20)11-6-9(7-14)2-3-10(11)13/h2-3,6,8,16H,4-5,7,14H2,1H3. The van der Waals surface area contributed by atoms with Gasteiger partial charge < -0.3 is 5.73 Å². The minimum Gasteiger partial charge on any atom is -0.326 e. The summed E-state index contributed by atoms with van der Waals surface area (Å²) < 4.78 is 29.2. The minimum absolute atomic E-state index is 0.180. The van der Waals surface area contributed by atoms with Gasteiger partial charge in [0.25, 0.3) is 0 Å². The molecule has 0 atom stereocenters. The predicted molar refractivity (Wildman–Crippen MR) is 81.9 cm³/mol. The summed E-state index contributed by atoms with van der Waals surface area (Å²) in [6.45, 7) is 0.513. The highest BCUT2D eigenvalue weighted by atomic mass is 79.9.